The van der Waals surface area contributed by atoms with Crippen LogP contribution in [-0.2, 0) is 0 Å². The van der Waals surface area contributed by atoms with Gasteiger partial charge in [-0.2, -0.15) is 0 Å². The highest BCUT2D eigenvalue weighted by atomic mass is 15.0. The van der Waals surface area contributed by atoms with Crippen molar-refractivity contribution in [3.05, 3.63) is 217 Å². The molecular formula is C58H40N4. The Bertz CT molecular complexity index is 3680. The second kappa shape index (κ2) is 14.3. The third-order valence-corrected chi connectivity index (χ3v) is 12.5. The molecule has 9 aromatic carbocycles. The summed E-state index contributed by atoms with van der Waals surface area (Å²) in [6, 6.07) is 74.1. The van der Waals surface area contributed by atoms with Crippen LogP contribution in [0.15, 0.2) is 206 Å². The molecule has 0 N–H and O–H groups in total. The van der Waals surface area contributed by atoms with Crippen LogP contribution in [0.2, 0.25) is 0 Å². The zero-order chi connectivity index (χ0) is 41.3. The lowest BCUT2D eigenvalue weighted by atomic mass is 9.95. The van der Waals surface area contributed by atoms with Gasteiger partial charge in [-0.25, -0.2) is 9.97 Å². The molecule has 12 rings (SSSR count). The molecular weight excluding hydrogens is 753 g/mol. The molecule has 0 aliphatic carbocycles. The largest absolute Gasteiger partial charge is 0.309 e. The number of hydrogen-bond donors (Lipinski definition) is 0. The van der Waals surface area contributed by atoms with Crippen LogP contribution in [0.4, 0.5) is 0 Å². The summed E-state index contributed by atoms with van der Waals surface area (Å²) < 4.78 is 4.75. The van der Waals surface area contributed by atoms with E-state index in [1.807, 2.05) is 0 Å². The quantitative estimate of drug-likeness (QED) is 0.168. The van der Waals surface area contributed by atoms with Crippen LogP contribution in [0, 0.1) is 13.8 Å². The monoisotopic (exact) mass is 792 g/mol. The van der Waals surface area contributed by atoms with Gasteiger partial charge < -0.3 is 9.13 Å². The second-order valence-electron chi connectivity index (χ2n) is 16.4. The van der Waals surface area contributed by atoms with E-state index in [4.69, 9.17) is 9.97 Å². The van der Waals surface area contributed by atoms with Crippen molar-refractivity contribution in [2.24, 2.45) is 0 Å². The standard InChI is InChI=1S/C58H40N4/c1-37-22-30-54-48(32-37)49-33-38(2)47(36-56(49)62(54)45-18-10-5-11-19-45)43-27-29-52-51(35-43)57(40-14-6-3-7-15-40)60-58(59-52)41-25-23-39(24-26-41)42-28-31-55-50(34-42)46-20-12-13-21-53(46)61(55)44-16-8-4-9-17-44/h3-36H,1-2H3. The van der Waals surface area contributed by atoms with Gasteiger partial charge in [-0.05, 0) is 121 Å². The van der Waals surface area contributed by atoms with Crippen LogP contribution in [0.25, 0.3) is 111 Å². The first-order chi connectivity index (χ1) is 30.6. The molecule has 0 radical (unpaired) electrons. The Morgan fingerprint density at radius 1 is 0.339 bits per heavy atom. The molecule has 3 heterocycles. The Kier molecular flexibility index (Phi) is 8.26. The molecule has 4 heteroatoms. The minimum atomic E-state index is 0.706. The van der Waals surface area contributed by atoms with Gasteiger partial charge in [0.05, 0.1) is 33.3 Å². The summed E-state index contributed by atoms with van der Waals surface area (Å²) in [7, 11) is 0. The van der Waals surface area contributed by atoms with Crippen molar-refractivity contribution in [3.8, 4) is 56.3 Å². The second-order valence-corrected chi connectivity index (χ2v) is 16.4. The molecule has 0 aliphatic heterocycles. The van der Waals surface area contributed by atoms with Crippen molar-refractivity contribution in [3.63, 3.8) is 0 Å². The van der Waals surface area contributed by atoms with Crippen LogP contribution in [0.5, 0.6) is 0 Å². The van der Waals surface area contributed by atoms with E-state index < -0.39 is 0 Å². The molecule has 0 spiro atoms. The van der Waals surface area contributed by atoms with Gasteiger partial charge in [0.25, 0.3) is 0 Å². The molecule has 3 aromatic heterocycles. The summed E-state index contributed by atoms with van der Waals surface area (Å²) in [5, 5.41) is 6.03. The summed E-state index contributed by atoms with van der Waals surface area (Å²) in [5.74, 6) is 0.706. The lowest BCUT2D eigenvalue weighted by molar-refractivity contribution is 1.18. The molecule has 292 valence electrons. The predicted octanol–water partition coefficient (Wildman–Crippen LogP) is 15.1. The molecule has 4 nitrogen and oxygen atoms in total. The predicted molar refractivity (Wildman–Crippen MR) is 259 cm³/mol. The zero-order valence-electron chi connectivity index (χ0n) is 34.4. The normalized spacial score (nSPS) is 11.7. The van der Waals surface area contributed by atoms with E-state index in [1.54, 1.807) is 0 Å². The third kappa shape index (κ3) is 5.83. The van der Waals surface area contributed by atoms with Crippen molar-refractivity contribution in [1.29, 1.82) is 0 Å². The lowest BCUT2D eigenvalue weighted by Gasteiger charge is -2.14. The number of nitrogens with zero attached hydrogens (tertiary/aromatic N) is 4. The molecule has 0 aliphatic rings. The van der Waals surface area contributed by atoms with Gasteiger partial charge in [-0.1, -0.05) is 133 Å². The minimum Gasteiger partial charge on any atom is -0.309 e. The highest BCUT2D eigenvalue weighted by Gasteiger charge is 2.18. The number of aromatic nitrogens is 4. The van der Waals surface area contributed by atoms with Crippen molar-refractivity contribution in [2.75, 3.05) is 0 Å². The summed E-state index contributed by atoms with van der Waals surface area (Å²) in [5.41, 5.74) is 18.1. The van der Waals surface area contributed by atoms with E-state index in [0.29, 0.717) is 5.82 Å². The molecule has 0 fully saturated rings. The van der Waals surface area contributed by atoms with E-state index >= 15 is 0 Å². The molecule has 0 amide bonds. The minimum absolute atomic E-state index is 0.706. The van der Waals surface area contributed by atoms with E-state index in [0.717, 1.165) is 50.2 Å². The Morgan fingerprint density at radius 2 is 0.887 bits per heavy atom. The molecule has 0 bridgehead atoms. The summed E-state index contributed by atoms with van der Waals surface area (Å²) in [6.07, 6.45) is 0. The maximum Gasteiger partial charge on any atom is 0.160 e. The molecule has 62 heavy (non-hydrogen) atoms. The Hall–Kier alpha value is -8.08. The SMILES string of the molecule is Cc1ccc2c(c1)c1cc(C)c(-c3ccc4nc(-c5ccc(-c6ccc7c(c6)c6ccccc6n7-c6ccccc6)cc5)nc(-c5ccccc5)c4c3)cc1n2-c1ccccc1. The third-order valence-electron chi connectivity index (χ3n) is 12.5. The van der Waals surface area contributed by atoms with Crippen LogP contribution in [0.3, 0.4) is 0 Å². The number of fused-ring (bicyclic) bond motifs is 7. The first-order valence-electron chi connectivity index (χ1n) is 21.2. The van der Waals surface area contributed by atoms with Crippen molar-refractivity contribution < 1.29 is 0 Å². The van der Waals surface area contributed by atoms with Gasteiger partial charge in [0.2, 0.25) is 0 Å². The Labute approximate surface area is 359 Å². The molecule has 0 saturated carbocycles. The van der Waals surface area contributed by atoms with Crippen LogP contribution in [-0.4, -0.2) is 19.1 Å². The van der Waals surface area contributed by atoms with Crippen molar-refractivity contribution >= 4 is 54.5 Å². The fraction of sp³-hybridized carbons (Fsp3) is 0.0345. The summed E-state index contributed by atoms with van der Waals surface area (Å²) in [4.78, 5) is 10.6. The average molecular weight is 793 g/mol. The van der Waals surface area contributed by atoms with Gasteiger partial charge in [-0.3, -0.25) is 0 Å². The fourth-order valence-corrected chi connectivity index (χ4v) is 9.51. The first-order valence-corrected chi connectivity index (χ1v) is 21.2. The Balaban J connectivity index is 0.957. The first kappa shape index (κ1) is 35.8. The van der Waals surface area contributed by atoms with Crippen molar-refractivity contribution in [1.82, 2.24) is 19.1 Å². The fourth-order valence-electron chi connectivity index (χ4n) is 9.51. The van der Waals surface area contributed by atoms with Crippen molar-refractivity contribution in [2.45, 2.75) is 13.8 Å². The molecule has 0 saturated heterocycles. The topological polar surface area (TPSA) is 35.6 Å². The van der Waals surface area contributed by atoms with E-state index in [2.05, 4.69) is 229 Å². The lowest BCUT2D eigenvalue weighted by Crippen LogP contribution is -1.96. The molecule has 0 atom stereocenters. The number of aryl methyl sites for hydroxylation is 2. The smallest absolute Gasteiger partial charge is 0.160 e. The maximum absolute atomic E-state index is 5.33. The molecule has 0 unspecified atom stereocenters. The number of benzene rings is 9. The Morgan fingerprint density at radius 3 is 1.63 bits per heavy atom. The van der Waals surface area contributed by atoms with Crippen LogP contribution >= 0.6 is 0 Å². The van der Waals surface area contributed by atoms with Gasteiger partial charge in [0, 0.05) is 49.4 Å². The number of hydrogen-bond acceptors (Lipinski definition) is 2. The van der Waals surface area contributed by atoms with Gasteiger partial charge in [0.1, 0.15) is 0 Å². The highest BCUT2D eigenvalue weighted by Crippen LogP contribution is 2.40. The van der Waals surface area contributed by atoms with Gasteiger partial charge >= 0.3 is 0 Å². The average Bonchev–Trinajstić information content (AvgIpc) is 3.83. The van der Waals surface area contributed by atoms with Gasteiger partial charge in [-0.15, -0.1) is 0 Å². The van der Waals surface area contributed by atoms with Crippen LogP contribution < -0.4 is 0 Å². The van der Waals surface area contributed by atoms with Gasteiger partial charge in [0.15, 0.2) is 5.82 Å². The number of rotatable bonds is 6. The maximum atomic E-state index is 5.33. The highest BCUT2D eigenvalue weighted by molar-refractivity contribution is 6.12. The summed E-state index contributed by atoms with van der Waals surface area (Å²) >= 11 is 0. The van der Waals surface area contributed by atoms with E-state index in [-0.39, 0.29) is 0 Å². The van der Waals surface area contributed by atoms with Crippen LogP contribution in [0.1, 0.15) is 11.1 Å². The van der Waals surface area contributed by atoms with E-state index in [1.165, 1.54) is 65.9 Å². The van der Waals surface area contributed by atoms with E-state index in [9.17, 15) is 0 Å². The molecule has 12 aromatic rings. The number of para-hydroxylation sites is 3. The zero-order valence-corrected chi connectivity index (χ0v) is 34.4. The summed E-state index contributed by atoms with van der Waals surface area (Å²) in [6.45, 7) is 4.39.